The Hall–Kier alpha value is -1.86. The topological polar surface area (TPSA) is 50.7 Å². The number of rotatable bonds is 2. The molecule has 0 aliphatic heterocycles. The van der Waals surface area contributed by atoms with Crippen LogP contribution in [0.3, 0.4) is 0 Å². The molecule has 4 nitrogen and oxygen atoms in total. The zero-order valence-electron chi connectivity index (χ0n) is 9.19. The van der Waals surface area contributed by atoms with Crippen LogP contribution in [0.1, 0.15) is 0 Å². The highest BCUT2D eigenvalue weighted by Gasteiger charge is 2.13. The SMILES string of the molecule is Fc1cccc(F)c1Nc1nc2c(Cl)ncnc2s1. The summed E-state index contributed by atoms with van der Waals surface area (Å²) in [5.74, 6) is -1.40. The second-order valence-corrected chi connectivity index (χ2v) is 4.89. The summed E-state index contributed by atoms with van der Waals surface area (Å²) in [6.07, 6.45) is 1.30. The van der Waals surface area contributed by atoms with E-state index >= 15 is 0 Å². The number of hydrogen-bond acceptors (Lipinski definition) is 5. The Kier molecular flexibility index (Phi) is 3.00. The van der Waals surface area contributed by atoms with Crippen LogP contribution in [0.5, 0.6) is 0 Å². The lowest BCUT2D eigenvalue weighted by molar-refractivity contribution is 0.591. The Morgan fingerprint density at radius 2 is 1.89 bits per heavy atom. The fraction of sp³-hybridized carbons (Fsp3) is 0. The van der Waals surface area contributed by atoms with Crippen molar-refractivity contribution in [3.05, 3.63) is 41.3 Å². The third kappa shape index (κ3) is 2.22. The van der Waals surface area contributed by atoms with Crippen molar-refractivity contribution in [3.63, 3.8) is 0 Å². The fourth-order valence-corrected chi connectivity index (χ4v) is 2.55. The summed E-state index contributed by atoms with van der Waals surface area (Å²) in [5, 5.41) is 3.08. The van der Waals surface area contributed by atoms with Gasteiger partial charge in [0.1, 0.15) is 34.0 Å². The number of nitrogens with zero attached hydrogens (tertiary/aromatic N) is 3. The van der Waals surface area contributed by atoms with E-state index in [1.807, 2.05) is 0 Å². The molecule has 19 heavy (non-hydrogen) atoms. The van der Waals surface area contributed by atoms with E-state index in [9.17, 15) is 8.78 Å². The molecular formula is C11H5ClF2N4S. The monoisotopic (exact) mass is 298 g/mol. The van der Waals surface area contributed by atoms with Crippen LogP contribution in [-0.2, 0) is 0 Å². The van der Waals surface area contributed by atoms with Crippen LogP contribution < -0.4 is 5.32 Å². The van der Waals surface area contributed by atoms with Gasteiger partial charge >= 0.3 is 0 Å². The van der Waals surface area contributed by atoms with Gasteiger partial charge in [-0.1, -0.05) is 29.0 Å². The number of para-hydroxylation sites is 1. The second kappa shape index (κ2) is 4.67. The third-order valence-electron chi connectivity index (χ3n) is 2.35. The first-order valence-corrected chi connectivity index (χ1v) is 6.32. The number of halogens is 3. The van der Waals surface area contributed by atoms with Gasteiger partial charge in [-0.15, -0.1) is 0 Å². The fourth-order valence-electron chi connectivity index (χ4n) is 1.50. The minimum absolute atomic E-state index is 0.198. The van der Waals surface area contributed by atoms with Gasteiger partial charge in [-0.3, -0.25) is 0 Å². The molecule has 3 rings (SSSR count). The van der Waals surface area contributed by atoms with E-state index in [0.717, 1.165) is 23.5 Å². The van der Waals surface area contributed by atoms with Crippen LogP contribution in [0.25, 0.3) is 10.3 Å². The number of fused-ring (bicyclic) bond motifs is 1. The van der Waals surface area contributed by atoms with Gasteiger partial charge in [-0.25, -0.2) is 23.7 Å². The largest absolute Gasteiger partial charge is 0.327 e. The molecule has 3 aromatic rings. The van der Waals surface area contributed by atoms with Crippen molar-refractivity contribution < 1.29 is 8.78 Å². The van der Waals surface area contributed by atoms with Crippen LogP contribution in [0.2, 0.25) is 5.15 Å². The number of nitrogens with one attached hydrogen (secondary N) is 1. The van der Waals surface area contributed by atoms with Crippen molar-refractivity contribution in [2.24, 2.45) is 0 Å². The Bertz CT molecular complexity index is 741. The molecule has 0 spiro atoms. The molecule has 1 aromatic carbocycles. The number of thiazole rings is 1. The minimum atomic E-state index is -0.698. The quantitative estimate of drug-likeness (QED) is 0.732. The summed E-state index contributed by atoms with van der Waals surface area (Å²) in [4.78, 5) is 12.4. The van der Waals surface area contributed by atoms with E-state index < -0.39 is 11.6 Å². The van der Waals surface area contributed by atoms with Gasteiger partial charge in [0.25, 0.3) is 0 Å². The van der Waals surface area contributed by atoms with E-state index in [2.05, 4.69) is 20.3 Å². The molecule has 2 heterocycles. The highest BCUT2D eigenvalue weighted by Crippen LogP contribution is 2.31. The number of anilines is 2. The van der Waals surface area contributed by atoms with Crippen molar-refractivity contribution in [3.8, 4) is 0 Å². The lowest BCUT2D eigenvalue weighted by atomic mass is 10.3. The van der Waals surface area contributed by atoms with Crippen LogP contribution in [0.4, 0.5) is 19.6 Å². The highest BCUT2D eigenvalue weighted by atomic mass is 35.5. The molecule has 2 aromatic heterocycles. The zero-order chi connectivity index (χ0) is 13.4. The minimum Gasteiger partial charge on any atom is -0.327 e. The van der Waals surface area contributed by atoms with E-state index in [4.69, 9.17) is 11.6 Å². The molecule has 0 bridgehead atoms. The summed E-state index contributed by atoms with van der Waals surface area (Å²) in [6.45, 7) is 0. The standard InChI is InChI=1S/C11H5ClF2N4S/c12-9-8-10(16-4-15-9)19-11(18-8)17-7-5(13)2-1-3-6(7)14/h1-4H,(H,17,18). The first-order valence-electron chi connectivity index (χ1n) is 5.13. The molecule has 0 atom stereocenters. The highest BCUT2D eigenvalue weighted by molar-refractivity contribution is 7.21. The van der Waals surface area contributed by atoms with Crippen molar-refractivity contribution in [1.82, 2.24) is 15.0 Å². The Morgan fingerprint density at radius 3 is 2.58 bits per heavy atom. The van der Waals surface area contributed by atoms with E-state index in [0.29, 0.717) is 15.5 Å². The first-order chi connectivity index (χ1) is 9.15. The summed E-state index contributed by atoms with van der Waals surface area (Å²) in [6, 6.07) is 3.60. The lowest BCUT2D eigenvalue weighted by Gasteiger charge is -2.04. The molecule has 0 aliphatic rings. The van der Waals surface area contributed by atoms with Gasteiger partial charge < -0.3 is 5.32 Å². The lowest BCUT2D eigenvalue weighted by Crippen LogP contribution is -1.96. The molecule has 8 heteroatoms. The van der Waals surface area contributed by atoms with Crippen LogP contribution in [0, 0.1) is 11.6 Å². The molecule has 0 saturated heterocycles. The van der Waals surface area contributed by atoms with Gasteiger partial charge in [0.05, 0.1) is 0 Å². The maximum absolute atomic E-state index is 13.5. The first kappa shape index (κ1) is 12.2. The maximum atomic E-state index is 13.5. The number of benzene rings is 1. The molecule has 96 valence electrons. The average Bonchev–Trinajstić information content (AvgIpc) is 2.78. The molecule has 0 fully saturated rings. The van der Waals surface area contributed by atoms with Gasteiger partial charge in [0, 0.05) is 0 Å². The molecule has 0 saturated carbocycles. The van der Waals surface area contributed by atoms with Crippen LogP contribution in [0.15, 0.2) is 24.5 Å². The normalized spacial score (nSPS) is 10.9. The van der Waals surface area contributed by atoms with Crippen molar-refractivity contribution in [2.45, 2.75) is 0 Å². The number of hydrogen-bond donors (Lipinski definition) is 1. The van der Waals surface area contributed by atoms with Gasteiger partial charge in [-0.05, 0) is 12.1 Å². The zero-order valence-corrected chi connectivity index (χ0v) is 10.8. The Morgan fingerprint density at radius 1 is 1.16 bits per heavy atom. The third-order valence-corrected chi connectivity index (χ3v) is 3.50. The predicted octanol–water partition coefficient (Wildman–Crippen LogP) is 3.76. The van der Waals surface area contributed by atoms with Crippen molar-refractivity contribution in [1.29, 1.82) is 0 Å². The van der Waals surface area contributed by atoms with Gasteiger partial charge in [-0.2, -0.15) is 0 Å². The molecule has 0 aliphatic carbocycles. The van der Waals surface area contributed by atoms with E-state index in [1.54, 1.807) is 0 Å². The molecule has 0 radical (unpaired) electrons. The maximum Gasteiger partial charge on any atom is 0.190 e. The number of aromatic nitrogens is 3. The molecule has 0 amide bonds. The van der Waals surface area contributed by atoms with Crippen molar-refractivity contribution in [2.75, 3.05) is 5.32 Å². The summed E-state index contributed by atoms with van der Waals surface area (Å²) in [5.41, 5.74) is 0.138. The molecule has 0 unspecified atom stereocenters. The smallest absolute Gasteiger partial charge is 0.190 e. The van der Waals surface area contributed by atoms with Gasteiger partial charge in [0.15, 0.2) is 10.3 Å². The predicted molar refractivity (Wildman–Crippen MR) is 69.9 cm³/mol. The van der Waals surface area contributed by atoms with E-state index in [-0.39, 0.29) is 10.8 Å². The molecule has 1 N–H and O–H groups in total. The average molecular weight is 299 g/mol. The van der Waals surface area contributed by atoms with Crippen LogP contribution >= 0.6 is 22.9 Å². The molecular weight excluding hydrogens is 294 g/mol. The Balaban J connectivity index is 2.04. The van der Waals surface area contributed by atoms with Gasteiger partial charge in [0.2, 0.25) is 0 Å². The summed E-state index contributed by atoms with van der Waals surface area (Å²) in [7, 11) is 0. The summed E-state index contributed by atoms with van der Waals surface area (Å²) < 4.78 is 27.0. The van der Waals surface area contributed by atoms with Crippen molar-refractivity contribution >= 4 is 44.1 Å². The Labute approximate surface area is 115 Å². The summed E-state index contributed by atoms with van der Waals surface area (Å²) >= 11 is 6.99. The van der Waals surface area contributed by atoms with E-state index in [1.165, 1.54) is 12.4 Å². The van der Waals surface area contributed by atoms with Crippen LogP contribution in [-0.4, -0.2) is 15.0 Å². The second-order valence-electron chi connectivity index (χ2n) is 3.56.